The van der Waals surface area contributed by atoms with Gasteiger partial charge in [-0.05, 0) is 24.3 Å². The maximum atomic E-state index is 11.6. The predicted octanol–water partition coefficient (Wildman–Crippen LogP) is 1.31. The Morgan fingerprint density at radius 1 is 1.30 bits per heavy atom. The molecule has 1 aliphatic rings. The first-order chi connectivity index (χ1) is 9.69. The molecule has 0 saturated heterocycles. The van der Waals surface area contributed by atoms with Crippen LogP contribution in [0.15, 0.2) is 30.6 Å². The molecule has 1 aromatic heterocycles. The smallest absolute Gasteiger partial charge is 0.264 e. The fourth-order valence-electron chi connectivity index (χ4n) is 2.03. The number of nitrogens with zero attached hydrogens (tertiary/aromatic N) is 3. The summed E-state index contributed by atoms with van der Waals surface area (Å²) >= 11 is 0. The Morgan fingerprint density at radius 2 is 2.15 bits per heavy atom. The quantitative estimate of drug-likeness (QED) is 0.769. The van der Waals surface area contributed by atoms with Gasteiger partial charge in [0.2, 0.25) is 0 Å². The van der Waals surface area contributed by atoms with Crippen molar-refractivity contribution in [3.63, 3.8) is 0 Å². The zero-order chi connectivity index (χ0) is 14.1. The Balaban J connectivity index is 2.07. The number of amides is 1. The normalized spacial score (nSPS) is 13.7. The number of ether oxygens (including phenoxy) is 1. The maximum absolute atomic E-state index is 11.6. The summed E-state index contributed by atoms with van der Waals surface area (Å²) in [5.41, 5.74) is 2.41. The zero-order valence-electron chi connectivity index (χ0n) is 10.7. The number of fused-ring (bicyclic) bond motifs is 1. The van der Waals surface area contributed by atoms with E-state index >= 15 is 0 Å². The highest BCUT2D eigenvalue weighted by Gasteiger charge is 2.22. The molecule has 0 bridgehead atoms. The summed E-state index contributed by atoms with van der Waals surface area (Å²) in [4.78, 5) is 31.9. The maximum Gasteiger partial charge on any atom is 0.264 e. The molecule has 0 unspecified atom stereocenters. The van der Waals surface area contributed by atoms with Crippen molar-refractivity contribution in [3.8, 4) is 17.0 Å². The second kappa shape index (κ2) is 4.73. The molecule has 20 heavy (non-hydrogen) atoms. The fraction of sp³-hybridized carbons (Fsp3) is 0.143. The van der Waals surface area contributed by atoms with Gasteiger partial charge >= 0.3 is 0 Å². The van der Waals surface area contributed by atoms with Gasteiger partial charge in [-0.15, -0.1) is 0 Å². The lowest BCUT2D eigenvalue weighted by molar-refractivity contribution is -0.120. The van der Waals surface area contributed by atoms with Crippen LogP contribution >= 0.6 is 0 Å². The van der Waals surface area contributed by atoms with Crippen LogP contribution in [0.4, 0.5) is 5.69 Å². The highest BCUT2D eigenvalue weighted by Crippen LogP contribution is 2.34. The van der Waals surface area contributed by atoms with Crippen LogP contribution in [0.25, 0.3) is 11.3 Å². The van der Waals surface area contributed by atoms with Gasteiger partial charge in [0.05, 0.1) is 11.4 Å². The Morgan fingerprint density at radius 3 is 2.95 bits per heavy atom. The van der Waals surface area contributed by atoms with Crippen molar-refractivity contribution in [2.24, 2.45) is 0 Å². The summed E-state index contributed by atoms with van der Waals surface area (Å²) < 4.78 is 5.36. The number of benzene rings is 1. The van der Waals surface area contributed by atoms with Gasteiger partial charge in [0, 0.05) is 12.6 Å². The number of carbonyl (C=O) groups is 2. The number of anilines is 1. The van der Waals surface area contributed by atoms with E-state index < -0.39 is 0 Å². The summed E-state index contributed by atoms with van der Waals surface area (Å²) in [6, 6.07) is 7.03. The van der Waals surface area contributed by atoms with Crippen molar-refractivity contribution in [2.45, 2.75) is 0 Å². The molecule has 0 saturated carbocycles. The standard InChI is InChI=1S/C14H11N3O3/c1-17-12-4-9(2-3-13(12)20-7-14(17)19)11-5-10(6-18)15-8-16-11/h2-6,8H,7H2,1H3. The molecule has 6 heteroatoms. The molecule has 0 aliphatic carbocycles. The summed E-state index contributed by atoms with van der Waals surface area (Å²) in [6.45, 7) is 0.0473. The van der Waals surface area contributed by atoms with E-state index in [1.54, 1.807) is 24.1 Å². The first-order valence-electron chi connectivity index (χ1n) is 6.00. The molecular formula is C14H11N3O3. The molecule has 1 aromatic carbocycles. The van der Waals surface area contributed by atoms with Crippen molar-refractivity contribution in [2.75, 3.05) is 18.6 Å². The summed E-state index contributed by atoms with van der Waals surface area (Å²) in [6.07, 6.45) is 2.01. The van der Waals surface area contributed by atoms with Crippen LogP contribution in [0.3, 0.4) is 0 Å². The Bertz CT molecular complexity index is 700. The van der Waals surface area contributed by atoms with E-state index in [9.17, 15) is 9.59 Å². The van der Waals surface area contributed by atoms with Gasteiger partial charge in [0.25, 0.3) is 5.91 Å². The molecule has 0 fully saturated rings. The number of hydrogen-bond donors (Lipinski definition) is 0. The van der Waals surface area contributed by atoms with E-state index in [4.69, 9.17) is 4.74 Å². The average Bonchev–Trinajstić information content (AvgIpc) is 2.51. The number of aromatic nitrogens is 2. The summed E-state index contributed by atoms with van der Waals surface area (Å²) in [7, 11) is 1.70. The molecule has 0 N–H and O–H groups in total. The minimum absolute atomic E-state index is 0.0473. The number of carbonyl (C=O) groups excluding carboxylic acids is 2. The van der Waals surface area contributed by atoms with E-state index in [1.807, 2.05) is 12.1 Å². The summed E-state index contributed by atoms with van der Waals surface area (Å²) in [5.74, 6) is 0.548. The summed E-state index contributed by atoms with van der Waals surface area (Å²) in [5, 5.41) is 0. The third kappa shape index (κ3) is 2.01. The molecule has 3 rings (SSSR count). The second-order valence-electron chi connectivity index (χ2n) is 4.37. The minimum atomic E-state index is -0.106. The van der Waals surface area contributed by atoms with Gasteiger partial charge in [-0.2, -0.15) is 0 Å². The molecule has 0 spiro atoms. The molecule has 0 atom stereocenters. The molecule has 6 nitrogen and oxygen atoms in total. The van der Waals surface area contributed by atoms with E-state index in [0.717, 1.165) is 5.56 Å². The van der Waals surface area contributed by atoms with Gasteiger partial charge in [-0.25, -0.2) is 9.97 Å². The Hall–Kier alpha value is -2.76. The van der Waals surface area contributed by atoms with Crippen molar-refractivity contribution in [1.29, 1.82) is 0 Å². The lowest BCUT2D eigenvalue weighted by Gasteiger charge is -2.26. The Kier molecular flexibility index (Phi) is 2.90. The second-order valence-corrected chi connectivity index (χ2v) is 4.37. The van der Waals surface area contributed by atoms with Gasteiger partial charge in [-0.3, -0.25) is 9.59 Å². The van der Waals surface area contributed by atoms with Crippen LogP contribution in [0.1, 0.15) is 10.5 Å². The lowest BCUT2D eigenvalue weighted by Crippen LogP contribution is -2.35. The molecule has 1 aliphatic heterocycles. The molecule has 2 aromatic rings. The Labute approximate surface area is 115 Å². The highest BCUT2D eigenvalue weighted by molar-refractivity contribution is 5.98. The van der Waals surface area contributed by atoms with Crippen molar-refractivity contribution < 1.29 is 14.3 Å². The number of hydrogen-bond acceptors (Lipinski definition) is 5. The van der Waals surface area contributed by atoms with Crippen LogP contribution in [0.5, 0.6) is 5.75 Å². The molecule has 100 valence electrons. The van der Waals surface area contributed by atoms with Gasteiger partial charge in [0.1, 0.15) is 17.8 Å². The third-order valence-corrected chi connectivity index (χ3v) is 3.15. The van der Waals surface area contributed by atoms with Gasteiger partial charge in [0.15, 0.2) is 12.9 Å². The van der Waals surface area contributed by atoms with E-state index in [1.165, 1.54) is 6.33 Å². The molecule has 1 amide bonds. The number of rotatable bonds is 2. The number of likely N-dealkylation sites (N-methyl/N-ethyl adjacent to an activating group) is 1. The van der Waals surface area contributed by atoms with E-state index in [-0.39, 0.29) is 12.5 Å². The fourth-order valence-corrected chi connectivity index (χ4v) is 2.03. The monoisotopic (exact) mass is 269 g/mol. The predicted molar refractivity (Wildman–Crippen MR) is 71.8 cm³/mol. The van der Waals surface area contributed by atoms with E-state index in [2.05, 4.69) is 9.97 Å². The average molecular weight is 269 g/mol. The number of aldehydes is 1. The topological polar surface area (TPSA) is 72.4 Å². The highest BCUT2D eigenvalue weighted by atomic mass is 16.5. The molecular weight excluding hydrogens is 258 g/mol. The largest absolute Gasteiger partial charge is 0.482 e. The lowest BCUT2D eigenvalue weighted by atomic mass is 10.1. The minimum Gasteiger partial charge on any atom is -0.482 e. The van der Waals surface area contributed by atoms with Gasteiger partial charge < -0.3 is 9.64 Å². The van der Waals surface area contributed by atoms with Crippen LogP contribution in [-0.2, 0) is 4.79 Å². The van der Waals surface area contributed by atoms with Crippen LogP contribution in [-0.4, -0.2) is 35.8 Å². The van der Waals surface area contributed by atoms with Crippen molar-refractivity contribution >= 4 is 17.9 Å². The van der Waals surface area contributed by atoms with Crippen LogP contribution < -0.4 is 9.64 Å². The first-order valence-corrected chi connectivity index (χ1v) is 6.00. The molecule has 2 heterocycles. The zero-order valence-corrected chi connectivity index (χ0v) is 10.7. The van der Waals surface area contributed by atoms with Crippen molar-refractivity contribution in [1.82, 2.24) is 9.97 Å². The van der Waals surface area contributed by atoms with E-state index in [0.29, 0.717) is 29.1 Å². The van der Waals surface area contributed by atoms with Crippen molar-refractivity contribution in [3.05, 3.63) is 36.3 Å². The third-order valence-electron chi connectivity index (χ3n) is 3.15. The first kappa shape index (κ1) is 12.3. The van der Waals surface area contributed by atoms with Gasteiger partial charge in [-0.1, -0.05) is 0 Å². The molecule has 0 radical (unpaired) electrons. The van der Waals surface area contributed by atoms with Crippen LogP contribution in [0.2, 0.25) is 0 Å². The SMILES string of the molecule is CN1C(=O)COc2ccc(-c3cc(C=O)ncn3)cc21. The van der Waals surface area contributed by atoms with Crippen LogP contribution in [0, 0.1) is 0 Å².